The fourth-order valence-electron chi connectivity index (χ4n) is 2.63. The van der Waals surface area contributed by atoms with Crippen molar-refractivity contribution < 1.29 is 17.9 Å². The average Bonchev–Trinajstić information content (AvgIpc) is 2.56. The van der Waals surface area contributed by atoms with E-state index in [0.717, 1.165) is 11.1 Å². The Bertz CT molecular complexity index is 893. The molecule has 7 heteroatoms. The number of fused-ring (bicyclic) bond motifs is 1. The fourth-order valence-corrected chi connectivity index (χ4v) is 3.72. The van der Waals surface area contributed by atoms with E-state index in [1.165, 1.54) is 19.2 Å². The van der Waals surface area contributed by atoms with Gasteiger partial charge in [-0.1, -0.05) is 12.1 Å². The number of rotatable bonds is 4. The molecule has 1 amide bonds. The maximum atomic E-state index is 12.5. The summed E-state index contributed by atoms with van der Waals surface area (Å²) in [5, 5.41) is 0. The third-order valence-corrected chi connectivity index (χ3v) is 5.36. The van der Waals surface area contributed by atoms with Crippen molar-refractivity contribution in [1.82, 2.24) is 4.90 Å². The van der Waals surface area contributed by atoms with Crippen molar-refractivity contribution in [3.8, 4) is 5.75 Å². The summed E-state index contributed by atoms with van der Waals surface area (Å²) >= 11 is 0. The Labute approximate surface area is 141 Å². The molecule has 3 rings (SSSR count). The van der Waals surface area contributed by atoms with Crippen LogP contribution in [-0.2, 0) is 27.8 Å². The Morgan fingerprint density at radius 3 is 2.67 bits per heavy atom. The maximum absolute atomic E-state index is 12.5. The Morgan fingerprint density at radius 1 is 1.12 bits per heavy atom. The number of sulfonamides is 1. The molecule has 24 heavy (non-hydrogen) atoms. The summed E-state index contributed by atoms with van der Waals surface area (Å²) in [6, 6.07) is 11.5. The number of likely N-dealkylation sites (N-methyl/N-ethyl adjacent to an activating group) is 1. The summed E-state index contributed by atoms with van der Waals surface area (Å²) in [4.78, 5) is 13.5. The molecule has 1 N–H and O–H groups in total. The first-order valence-electron chi connectivity index (χ1n) is 7.42. The van der Waals surface area contributed by atoms with Gasteiger partial charge in [-0.3, -0.25) is 9.52 Å². The van der Waals surface area contributed by atoms with Gasteiger partial charge in [0.25, 0.3) is 10.0 Å². The third-order valence-electron chi connectivity index (χ3n) is 3.98. The molecule has 0 saturated heterocycles. The lowest BCUT2D eigenvalue weighted by Crippen LogP contribution is -2.32. The van der Waals surface area contributed by atoms with Crippen LogP contribution in [0.25, 0.3) is 0 Å². The van der Waals surface area contributed by atoms with Crippen LogP contribution < -0.4 is 9.46 Å². The molecule has 0 spiro atoms. The lowest BCUT2D eigenvalue weighted by molar-refractivity contribution is -0.130. The van der Waals surface area contributed by atoms with Gasteiger partial charge in [-0.05, 0) is 35.4 Å². The van der Waals surface area contributed by atoms with Crippen LogP contribution in [0.3, 0.4) is 0 Å². The van der Waals surface area contributed by atoms with E-state index in [0.29, 0.717) is 24.4 Å². The summed E-state index contributed by atoms with van der Waals surface area (Å²) in [5.74, 6) is 0.538. The van der Waals surface area contributed by atoms with Crippen LogP contribution in [0.15, 0.2) is 47.4 Å². The number of benzene rings is 2. The molecule has 6 nitrogen and oxygen atoms in total. The van der Waals surface area contributed by atoms with E-state index >= 15 is 0 Å². The number of anilines is 1. The highest BCUT2D eigenvalue weighted by Crippen LogP contribution is 2.25. The number of amides is 1. The predicted octanol–water partition coefficient (Wildman–Crippen LogP) is 2.01. The van der Waals surface area contributed by atoms with Crippen molar-refractivity contribution in [2.75, 3.05) is 18.9 Å². The molecule has 2 aromatic carbocycles. The zero-order valence-corrected chi connectivity index (χ0v) is 14.3. The number of hydrogen-bond donors (Lipinski definition) is 1. The van der Waals surface area contributed by atoms with E-state index < -0.39 is 10.0 Å². The summed E-state index contributed by atoms with van der Waals surface area (Å²) in [6.07, 6.45) is 0.342. The molecule has 0 aliphatic carbocycles. The Morgan fingerprint density at radius 2 is 1.92 bits per heavy atom. The Kier molecular flexibility index (Phi) is 4.19. The van der Waals surface area contributed by atoms with Crippen molar-refractivity contribution in [1.29, 1.82) is 0 Å². The van der Waals surface area contributed by atoms with Gasteiger partial charge in [0.1, 0.15) is 5.75 Å². The van der Waals surface area contributed by atoms with Gasteiger partial charge in [-0.15, -0.1) is 0 Å². The van der Waals surface area contributed by atoms with Gasteiger partial charge < -0.3 is 9.64 Å². The Balaban J connectivity index is 1.88. The van der Waals surface area contributed by atoms with Crippen LogP contribution in [0.5, 0.6) is 5.75 Å². The van der Waals surface area contributed by atoms with Gasteiger partial charge in [0.2, 0.25) is 5.91 Å². The van der Waals surface area contributed by atoms with E-state index in [9.17, 15) is 13.2 Å². The smallest absolute Gasteiger partial charge is 0.262 e. The second-order valence-electron chi connectivity index (χ2n) is 5.69. The van der Waals surface area contributed by atoms with Crippen LogP contribution in [0.2, 0.25) is 0 Å². The van der Waals surface area contributed by atoms with Crippen molar-refractivity contribution in [3.63, 3.8) is 0 Å². The summed E-state index contributed by atoms with van der Waals surface area (Å²) in [5.41, 5.74) is 2.35. The highest BCUT2D eigenvalue weighted by molar-refractivity contribution is 7.92. The molecule has 0 fully saturated rings. The van der Waals surface area contributed by atoms with Crippen LogP contribution in [0.1, 0.15) is 11.1 Å². The molecule has 1 heterocycles. The number of carbonyl (C=O) groups excluding carboxylic acids is 1. The lowest BCUT2D eigenvalue weighted by Gasteiger charge is -2.25. The molecule has 0 saturated carbocycles. The molecule has 0 aromatic heterocycles. The van der Waals surface area contributed by atoms with E-state index in [1.54, 1.807) is 42.3 Å². The van der Waals surface area contributed by atoms with Crippen molar-refractivity contribution in [2.24, 2.45) is 0 Å². The van der Waals surface area contributed by atoms with Gasteiger partial charge in [0.15, 0.2) is 0 Å². The van der Waals surface area contributed by atoms with E-state index in [4.69, 9.17) is 4.74 Å². The highest BCUT2D eigenvalue weighted by Gasteiger charge is 2.21. The number of methoxy groups -OCH3 is 1. The van der Waals surface area contributed by atoms with E-state index in [-0.39, 0.29) is 10.8 Å². The molecule has 0 bridgehead atoms. The first kappa shape index (κ1) is 16.3. The highest BCUT2D eigenvalue weighted by atomic mass is 32.2. The number of nitrogens with one attached hydrogen (secondary N) is 1. The number of ether oxygens (including phenoxy) is 1. The zero-order chi connectivity index (χ0) is 17.3. The predicted molar refractivity (Wildman–Crippen MR) is 90.4 cm³/mol. The monoisotopic (exact) mass is 346 g/mol. The topological polar surface area (TPSA) is 75.7 Å². The van der Waals surface area contributed by atoms with E-state index in [1.807, 2.05) is 0 Å². The minimum Gasteiger partial charge on any atom is -0.497 e. The summed E-state index contributed by atoms with van der Waals surface area (Å²) in [7, 11) is -0.486. The van der Waals surface area contributed by atoms with Gasteiger partial charge >= 0.3 is 0 Å². The standard InChI is InChI=1S/C17H18N2O4S/c1-19-11-13-8-14(7-6-12(13)9-17(19)20)18-24(21,22)16-5-3-4-15(10-16)23-2/h3-8,10,18H,9,11H2,1-2H3. The molecule has 0 unspecified atom stereocenters. The molecular formula is C17H18N2O4S. The van der Waals surface area contributed by atoms with Crippen LogP contribution in [0.4, 0.5) is 5.69 Å². The average molecular weight is 346 g/mol. The fraction of sp³-hybridized carbons (Fsp3) is 0.235. The van der Waals surface area contributed by atoms with Gasteiger partial charge in [0, 0.05) is 25.3 Å². The number of nitrogens with zero attached hydrogens (tertiary/aromatic N) is 1. The molecule has 2 aromatic rings. The zero-order valence-electron chi connectivity index (χ0n) is 13.4. The van der Waals surface area contributed by atoms with E-state index in [2.05, 4.69) is 4.72 Å². The molecule has 126 valence electrons. The van der Waals surface area contributed by atoms with Crippen molar-refractivity contribution in [3.05, 3.63) is 53.6 Å². The first-order valence-corrected chi connectivity index (χ1v) is 8.90. The van der Waals surface area contributed by atoms with Crippen molar-refractivity contribution in [2.45, 2.75) is 17.9 Å². The largest absolute Gasteiger partial charge is 0.497 e. The molecule has 0 atom stereocenters. The molecule has 1 aliphatic rings. The minimum absolute atomic E-state index is 0.0622. The minimum atomic E-state index is -3.71. The quantitative estimate of drug-likeness (QED) is 0.919. The lowest BCUT2D eigenvalue weighted by atomic mass is 9.99. The maximum Gasteiger partial charge on any atom is 0.262 e. The number of hydrogen-bond acceptors (Lipinski definition) is 4. The van der Waals surface area contributed by atoms with Crippen LogP contribution in [-0.4, -0.2) is 33.4 Å². The second kappa shape index (κ2) is 6.16. The summed E-state index contributed by atoms with van der Waals surface area (Å²) < 4.78 is 32.7. The normalized spacial score (nSPS) is 14.2. The first-order chi connectivity index (χ1) is 11.4. The summed E-state index contributed by atoms with van der Waals surface area (Å²) in [6.45, 7) is 0.475. The van der Waals surface area contributed by atoms with Gasteiger partial charge in [0.05, 0.1) is 18.4 Å². The number of carbonyl (C=O) groups is 1. The van der Waals surface area contributed by atoms with Gasteiger partial charge in [-0.2, -0.15) is 0 Å². The SMILES string of the molecule is COc1cccc(S(=O)(=O)Nc2ccc3c(c2)CN(C)C(=O)C3)c1. The van der Waals surface area contributed by atoms with Crippen LogP contribution in [0, 0.1) is 0 Å². The molecule has 0 radical (unpaired) electrons. The van der Waals surface area contributed by atoms with Crippen molar-refractivity contribution >= 4 is 21.6 Å². The third kappa shape index (κ3) is 3.21. The Hall–Kier alpha value is -2.54. The molecule has 1 aliphatic heterocycles. The van der Waals surface area contributed by atoms with Crippen LogP contribution >= 0.6 is 0 Å². The second-order valence-corrected chi connectivity index (χ2v) is 7.38. The molecular weight excluding hydrogens is 328 g/mol. The van der Waals surface area contributed by atoms with Gasteiger partial charge in [-0.25, -0.2) is 8.42 Å².